The quantitative estimate of drug-likeness (QED) is 0.815. The minimum atomic E-state index is -4.43. The number of aromatic nitrogens is 1. The number of hydrogen-bond acceptors (Lipinski definition) is 4. The zero-order chi connectivity index (χ0) is 18.7. The van der Waals surface area contributed by atoms with E-state index in [1.807, 2.05) is 12.3 Å². The van der Waals surface area contributed by atoms with Gasteiger partial charge in [0, 0.05) is 36.0 Å². The van der Waals surface area contributed by atoms with Crippen LogP contribution >= 0.6 is 11.3 Å². The maximum atomic E-state index is 12.7. The Morgan fingerprint density at radius 1 is 1.42 bits per heavy atom. The van der Waals surface area contributed by atoms with Crippen LogP contribution in [0.25, 0.3) is 0 Å². The number of carbonyl (C=O) groups excluding carboxylic acids is 1. The third-order valence-electron chi connectivity index (χ3n) is 3.91. The van der Waals surface area contributed by atoms with Crippen LogP contribution in [-0.4, -0.2) is 30.0 Å². The number of benzene rings is 1. The smallest absolute Gasteiger partial charge is 0.346 e. The first-order chi connectivity index (χ1) is 12.3. The number of hydrogen-bond donors (Lipinski definition) is 1. The number of rotatable bonds is 2. The number of halogens is 3. The third-order valence-corrected chi connectivity index (χ3v) is 4.93. The molecule has 2 heterocycles. The Labute approximate surface area is 153 Å². The summed E-state index contributed by atoms with van der Waals surface area (Å²) < 4.78 is 38.0. The number of nitrogens with zero attached hydrogens (tertiary/aromatic N) is 2. The highest BCUT2D eigenvalue weighted by atomic mass is 32.1. The minimum Gasteiger partial charge on any atom is -0.346 e. The molecule has 3 rings (SSSR count). The highest BCUT2D eigenvalue weighted by Gasteiger charge is 2.30. The van der Waals surface area contributed by atoms with Gasteiger partial charge in [-0.05, 0) is 31.5 Å². The molecule has 4 nitrogen and oxygen atoms in total. The van der Waals surface area contributed by atoms with Crippen molar-refractivity contribution < 1.29 is 18.0 Å². The van der Waals surface area contributed by atoms with Crippen LogP contribution in [0.3, 0.4) is 0 Å². The minimum absolute atomic E-state index is 0.0532. The molecule has 1 amide bonds. The molecule has 1 aromatic heterocycles. The molecule has 2 aromatic rings. The molecule has 8 heteroatoms. The predicted octanol–water partition coefficient (Wildman–Crippen LogP) is 3.22. The van der Waals surface area contributed by atoms with E-state index >= 15 is 0 Å². The zero-order valence-corrected chi connectivity index (χ0v) is 14.7. The average Bonchev–Trinajstić information content (AvgIpc) is 3.21. The molecule has 0 spiro atoms. The Morgan fingerprint density at radius 2 is 2.23 bits per heavy atom. The maximum Gasteiger partial charge on any atom is 0.416 e. The van der Waals surface area contributed by atoms with Gasteiger partial charge in [-0.1, -0.05) is 12.0 Å². The predicted molar refractivity (Wildman–Crippen MR) is 93.9 cm³/mol. The maximum absolute atomic E-state index is 12.7. The molecule has 1 aliphatic rings. The second-order valence-corrected chi connectivity index (χ2v) is 6.84. The molecule has 1 aromatic carbocycles. The topological polar surface area (TPSA) is 45.2 Å². The lowest BCUT2D eigenvalue weighted by Crippen LogP contribution is -2.36. The summed E-state index contributed by atoms with van der Waals surface area (Å²) in [4.78, 5) is 18.5. The molecule has 0 bridgehead atoms. The van der Waals surface area contributed by atoms with Crippen molar-refractivity contribution in [1.82, 2.24) is 10.3 Å². The summed E-state index contributed by atoms with van der Waals surface area (Å²) in [6.07, 6.45) is -3.66. The Balaban J connectivity index is 1.58. The van der Waals surface area contributed by atoms with Crippen LogP contribution in [0.4, 0.5) is 18.3 Å². The van der Waals surface area contributed by atoms with Gasteiger partial charge >= 0.3 is 6.18 Å². The van der Waals surface area contributed by atoms with Gasteiger partial charge in [0.15, 0.2) is 5.13 Å². The summed E-state index contributed by atoms with van der Waals surface area (Å²) in [5.41, 5.74) is 0.334. The zero-order valence-electron chi connectivity index (χ0n) is 13.9. The van der Waals surface area contributed by atoms with Crippen molar-refractivity contribution in [3.63, 3.8) is 0 Å². The first-order valence-electron chi connectivity index (χ1n) is 7.98. The van der Waals surface area contributed by atoms with Gasteiger partial charge in [0.25, 0.3) is 5.91 Å². The van der Waals surface area contributed by atoms with E-state index in [0.717, 1.165) is 35.9 Å². The molecule has 136 valence electrons. The monoisotopic (exact) mass is 379 g/mol. The van der Waals surface area contributed by atoms with Crippen molar-refractivity contribution in [3.05, 3.63) is 46.5 Å². The van der Waals surface area contributed by atoms with Crippen LogP contribution in [0.1, 0.15) is 23.2 Å². The van der Waals surface area contributed by atoms with E-state index in [2.05, 4.69) is 27.0 Å². The van der Waals surface area contributed by atoms with Crippen LogP contribution < -0.4 is 10.2 Å². The van der Waals surface area contributed by atoms with E-state index in [1.165, 1.54) is 12.1 Å². The molecule has 1 saturated heterocycles. The fourth-order valence-electron chi connectivity index (χ4n) is 2.66. The summed E-state index contributed by atoms with van der Waals surface area (Å²) in [6, 6.07) is 4.57. The van der Waals surface area contributed by atoms with Crippen molar-refractivity contribution in [3.8, 4) is 11.8 Å². The standard InChI is InChI=1S/C18H16F3N3OS/c1-12-11-26-17(22-12)24-8-7-15(10-24)23-16(25)6-5-13-3-2-4-14(9-13)18(19,20)21/h2-4,9,11,15H,7-8,10H2,1H3,(H,23,25). The van der Waals surface area contributed by atoms with Gasteiger partial charge in [0.2, 0.25) is 0 Å². The van der Waals surface area contributed by atoms with Crippen molar-refractivity contribution in [2.45, 2.75) is 25.6 Å². The number of amides is 1. The first-order valence-corrected chi connectivity index (χ1v) is 8.86. The molecule has 0 aliphatic carbocycles. The largest absolute Gasteiger partial charge is 0.416 e. The van der Waals surface area contributed by atoms with E-state index in [0.29, 0.717) is 6.54 Å². The normalized spacial score (nSPS) is 16.9. The number of alkyl halides is 3. The fourth-order valence-corrected chi connectivity index (χ4v) is 3.50. The molecule has 1 unspecified atom stereocenters. The summed E-state index contributed by atoms with van der Waals surface area (Å²) in [5.74, 6) is 4.36. The van der Waals surface area contributed by atoms with Gasteiger partial charge in [-0.15, -0.1) is 11.3 Å². The van der Waals surface area contributed by atoms with Crippen LogP contribution in [-0.2, 0) is 11.0 Å². The number of anilines is 1. The van der Waals surface area contributed by atoms with Gasteiger partial charge in [-0.3, -0.25) is 4.79 Å². The van der Waals surface area contributed by atoms with Crippen molar-refractivity contribution in [2.24, 2.45) is 0 Å². The van der Waals surface area contributed by atoms with Crippen molar-refractivity contribution in [1.29, 1.82) is 0 Å². The van der Waals surface area contributed by atoms with Crippen molar-refractivity contribution in [2.75, 3.05) is 18.0 Å². The fraction of sp³-hybridized carbons (Fsp3) is 0.333. The molecule has 1 atom stereocenters. The van der Waals surface area contributed by atoms with Crippen LogP contribution in [0, 0.1) is 18.8 Å². The molecule has 1 aliphatic heterocycles. The lowest BCUT2D eigenvalue weighted by Gasteiger charge is -2.14. The highest BCUT2D eigenvalue weighted by Crippen LogP contribution is 2.29. The van der Waals surface area contributed by atoms with Gasteiger partial charge in [-0.25, -0.2) is 4.98 Å². The van der Waals surface area contributed by atoms with E-state index in [4.69, 9.17) is 0 Å². The van der Waals surface area contributed by atoms with E-state index < -0.39 is 17.6 Å². The van der Waals surface area contributed by atoms with Gasteiger partial charge < -0.3 is 10.2 Å². The summed E-state index contributed by atoms with van der Waals surface area (Å²) in [5, 5.41) is 5.70. The van der Waals surface area contributed by atoms with E-state index in [1.54, 1.807) is 11.3 Å². The molecule has 26 heavy (non-hydrogen) atoms. The molecule has 1 fully saturated rings. The molecule has 0 radical (unpaired) electrons. The molecular weight excluding hydrogens is 363 g/mol. The van der Waals surface area contributed by atoms with Gasteiger partial charge in [-0.2, -0.15) is 13.2 Å². The van der Waals surface area contributed by atoms with Crippen LogP contribution in [0.5, 0.6) is 0 Å². The lowest BCUT2D eigenvalue weighted by molar-refractivity contribution is -0.137. The second-order valence-electron chi connectivity index (χ2n) is 6.01. The van der Waals surface area contributed by atoms with Gasteiger partial charge in [0.05, 0.1) is 11.3 Å². The molecule has 0 saturated carbocycles. The third kappa shape index (κ3) is 4.55. The summed E-state index contributed by atoms with van der Waals surface area (Å²) in [7, 11) is 0. The number of nitrogens with one attached hydrogen (secondary N) is 1. The highest BCUT2D eigenvalue weighted by molar-refractivity contribution is 7.13. The summed E-state index contributed by atoms with van der Waals surface area (Å²) >= 11 is 1.56. The second kappa shape index (κ2) is 7.38. The number of carbonyl (C=O) groups is 1. The Bertz CT molecular complexity index is 866. The Hall–Kier alpha value is -2.53. The van der Waals surface area contributed by atoms with Crippen molar-refractivity contribution >= 4 is 22.4 Å². The lowest BCUT2D eigenvalue weighted by atomic mass is 10.1. The van der Waals surface area contributed by atoms with E-state index in [-0.39, 0.29) is 11.6 Å². The number of thiazole rings is 1. The average molecular weight is 379 g/mol. The van der Waals surface area contributed by atoms with Crippen LogP contribution in [0.2, 0.25) is 0 Å². The first kappa shape index (κ1) is 18.3. The Kier molecular flexibility index (Phi) is 5.18. The summed E-state index contributed by atoms with van der Waals surface area (Å²) in [6.45, 7) is 3.36. The van der Waals surface area contributed by atoms with Gasteiger partial charge in [0.1, 0.15) is 0 Å². The SMILES string of the molecule is Cc1csc(N2CCC(NC(=O)C#Cc3cccc(C(F)(F)F)c3)C2)n1. The van der Waals surface area contributed by atoms with E-state index in [9.17, 15) is 18.0 Å². The molecular formula is C18H16F3N3OS. The van der Waals surface area contributed by atoms with Crippen LogP contribution in [0.15, 0.2) is 29.6 Å². The molecule has 1 N–H and O–H groups in total. The number of aryl methyl sites for hydroxylation is 1. The Morgan fingerprint density at radius 3 is 2.92 bits per heavy atom.